The summed E-state index contributed by atoms with van der Waals surface area (Å²) in [6.45, 7) is 2.25. The number of hydrogen-bond acceptors (Lipinski definition) is 2. The highest BCUT2D eigenvalue weighted by Crippen LogP contribution is 2.19. The van der Waals surface area contributed by atoms with Gasteiger partial charge in [-0.25, -0.2) is 0 Å². The Morgan fingerprint density at radius 3 is 3.50 bits per heavy atom. The van der Waals surface area contributed by atoms with Crippen LogP contribution in [0.2, 0.25) is 0 Å². The normalized spacial score (nSPS) is 37.2. The Kier molecular flexibility index (Phi) is 1.05. The number of rotatable bonds is 0. The second-order valence-corrected chi connectivity index (χ2v) is 2.61. The maximum atomic E-state index is 5.24. The maximum absolute atomic E-state index is 5.24. The Bertz CT molecular complexity index is 78.4. The van der Waals surface area contributed by atoms with Gasteiger partial charge >= 0.3 is 7.62 Å². The molecule has 0 aromatic heterocycles. The highest BCUT2D eigenvalue weighted by Gasteiger charge is 2.30. The second kappa shape index (κ2) is 1.74. The Morgan fingerprint density at radius 1 is 1.62 bits per heavy atom. The molecule has 0 spiro atoms. The Labute approximate surface area is 50.1 Å². The SMILES string of the molecule is B1OC[C@@H]2CCCN12. The van der Waals surface area contributed by atoms with Crippen LogP contribution in [0.5, 0.6) is 0 Å². The predicted molar refractivity (Wildman–Crippen MR) is 32.8 cm³/mol. The lowest BCUT2D eigenvalue weighted by atomic mass is 10.2. The summed E-state index contributed by atoms with van der Waals surface area (Å²) in [5, 5.41) is 0. The van der Waals surface area contributed by atoms with Crippen LogP contribution in [-0.4, -0.2) is 31.6 Å². The zero-order chi connectivity index (χ0) is 5.40. The molecule has 2 heterocycles. The van der Waals surface area contributed by atoms with Gasteiger partial charge in [0.2, 0.25) is 0 Å². The fourth-order valence-corrected chi connectivity index (χ4v) is 1.56. The molecule has 8 heavy (non-hydrogen) atoms. The third-order valence-electron chi connectivity index (χ3n) is 2.07. The van der Waals surface area contributed by atoms with Gasteiger partial charge in [-0.2, -0.15) is 0 Å². The molecule has 2 aliphatic heterocycles. The minimum atomic E-state index is 0.787. The average molecular weight is 111 g/mol. The van der Waals surface area contributed by atoms with Gasteiger partial charge in [-0.3, -0.25) is 0 Å². The summed E-state index contributed by atoms with van der Waals surface area (Å²) in [4.78, 5) is 2.42. The molecule has 2 aliphatic rings. The topological polar surface area (TPSA) is 12.5 Å². The molecule has 2 fully saturated rings. The summed E-state index contributed by atoms with van der Waals surface area (Å²) in [5.74, 6) is 0. The lowest BCUT2D eigenvalue weighted by Crippen LogP contribution is -2.25. The van der Waals surface area contributed by atoms with Crippen molar-refractivity contribution < 1.29 is 4.65 Å². The van der Waals surface area contributed by atoms with Crippen molar-refractivity contribution in [1.82, 2.24) is 4.81 Å². The van der Waals surface area contributed by atoms with E-state index in [4.69, 9.17) is 4.65 Å². The molecular formula is C5H10BNO. The summed E-state index contributed by atoms with van der Waals surface area (Å²) in [6.07, 6.45) is 2.74. The first-order valence-corrected chi connectivity index (χ1v) is 3.28. The zero-order valence-corrected chi connectivity index (χ0v) is 4.97. The third kappa shape index (κ3) is 0.582. The van der Waals surface area contributed by atoms with Crippen LogP contribution in [0.4, 0.5) is 0 Å². The number of fused-ring (bicyclic) bond motifs is 1. The van der Waals surface area contributed by atoms with Gasteiger partial charge in [0.15, 0.2) is 0 Å². The van der Waals surface area contributed by atoms with Gasteiger partial charge in [0, 0.05) is 12.6 Å². The standard InChI is InChI=1S/C5H10BNO/c1-2-5-4-8-6-7(5)3-1/h5-6H,1-4H2/t5-/m0/s1. The lowest BCUT2D eigenvalue weighted by Gasteiger charge is -2.08. The third-order valence-corrected chi connectivity index (χ3v) is 2.07. The van der Waals surface area contributed by atoms with Crippen LogP contribution in [0.15, 0.2) is 0 Å². The Morgan fingerprint density at radius 2 is 2.62 bits per heavy atom. The summed E-state index contributed by atoms with van der Waals surface area (Å²) in [7, 11) is 0.894. The summed E-state index contributed by atoms with van der Waals surface area (Å²) < 4.78 is 5.24. The van der Waals surface area contributed by atoms with Gasteiger partial charge in [-0.05, 0) is 19.4 Å². The van der Waals surface area contributed by atoms with E-state index in [2.05, 4.69) is 4.81 Å². The van der Waals surface area contributed by atoms with Crippen molar-refractivity contribution in [3.63, 3.8) is 0 Å². The van der Waals surface area contributed by atoms with E-state index in [0.29, 0.717) is 0 Å². The minimum absolute atomic E-state index is 0.787. The molecule has 0 radical (unpaired) electrons. The maximum Gasteiger partial charge on any atom is 0.363 e. The molecule has 0 N–H and O–H groups in total. The minimum Gasteiger partial charge on any atom is -0.422 e. The van der Waals surface area contributed by atoms with E-state index in [-0.39, 0.29) is 0 Å². The van der Waals surface area contributed by atoms with Gasteiger partial charge in [-0.15, -0.1) is 0 Å². The molecule has 2 saturated heterocycles. The molecule has 0 bridgehead atoms. The van der Waals surface area contributed by atoms with E-state index < -0.39 is 0 Å². The van der Waals surface area contributed by atoms with Gasteiger partial charge in [0.1, 0.15) is 0 Å². The van der Waals surface area contributed by atoms with E-state index in [9.17, 15) is 0 Å². The molecule has 2 rings (SSSR count). The monoisotopic (exact) mass is 111 g/mol. The summed E-state index contributed by atoms with van der Waals surface area (Å²) >= 11 is 0. The summed E-state index contributed by atoms with van der Waals surface area (Å²) in [5.41, 5.74) is 0. The molecular weight excluding hydrogens is 101 g/mol. The van der Waals surface area contributed by atoms with Crippen molar-refractivity contribution in [2.24, 2.45) is 0 Å². The first kappa shape index (κ1) is 4.83. The Balaban J connectivity index is 2.04. The molecule has 0 aromatic carbocycles. The molecule has 0 saturated carbocycles. The average Bonchev–Trinajstić information content (AvgIpc) is 2.15. The van der Waals surface area contributed by atoms with Crippen LogP contribution >= 0.6 is 0 Å². The van der Waals surface area contributed by atoms with Crippen molar-refractivity contribution in [2.45, 2.75) is 18.9 Å². The van der Waals surface area contributed by atoms with Gasteiger partial charge in [0.25, 0.3) is 0 Å². The fourth-order valence-electron chi connectivity index (χ4n) is 1.56. The highest BCUT2D eigenvalue weighted by atomic mass is 16.4. The van der Waals surface area contributed by atoms with Crippen LogP contribution in [0.1, 0.15) is 12.8 Å². The van der Waals surface area contributed by atoms with E-state index in [0.717, 1.165) is 20.3 Å². The van der Waals surface area contributed by atoms with Crippen LogP contribution in [0.3, 0.4) is 0 Å². The van der Waals surface area contributed by atoms with Gasteiger partial charge < -0.3 is 9.47 Å². The highest BCUT2D eigenvalue weighted by molar-refractivity contribution is 6.24. The van der Waals surface area contributed by atoms with E-state index in [1.54, 1.807) is 0 Å². The lowest BCUT2D eigenvalue weighted by molar-refractivity contribution is 0.337. The van der Waals surface area contributed by atoms with Crippen LogP contribution in [0.25, 0.3) is 0 Å². The van der Waals surface area contributed by atoms with Crippen molar-refractivity contribution in [1.29, 1.82) is 0 Å². The molecule has 0 unspecified atom stereocenters. The van der Waals surface area contributed by atoms with Gasteiger partial charge in [0.05, 0.1) is 0 Å². The first-order valence-electron chi connectivity index (χ1n) is 3.28. The van der Waals surface area contributed by atoms with Crippen molar-refractivity contribution in [3.8, 4) is 0 Å². The molecule has 44 valence electrons. The van der Waals surface area contributed by atoms with Gasteiger partial charge in [-0.1, -0.05) is 0 Å². The van der Waals surface area contributed by atoms with Crippen molar-refractivity contribution >= 4 is 7.62 Å². The molecule has 1 atom stereocenters. The largest absolute Gasteiger partial charge is 0.422 e. The molecule has 2 nitrogen and oxygen atoms in total. The van der Waals surface area contributed by atoms with Crippen LogP contribution in [-0.2, 0) is 4.65 Å². The molecule has 0 amide bonds. The van der Waals surface area contributed by atoms with E-state index in [1.165, 1.54) is 19.4 Å². The smallest absolute Gasteiger partial charge is 0.363 e. The number of hydrogen-bond donors (Lipinski definition) is 0. The predicted octanol–water partition coefficient (Wildman–Crippen LogP) is -0.253. The zero-order valence-electron chi connectivity index (χ0n) is 4.97. The molecule has 3 heteroatoms. The molecule has 0 aromatic rings. The quantitative estimate of drug-likeness (QED) is 0.399. The van der Waals surface area contributed by atoms with E-state index in [1.807, 2.05) is 0 Å². The van der Waals surface area contributed by atoms with Crippen molar-refractivity contribution in [3.05, 3.63) is 0 Å². The fraction of sp³-hybridized carbons (Fsp3) is 1.00. The molecule has 0 aliphatic carbocycles. The van der Waals surface area contributed by atoms with Crippen LogP contribution < -0.4 is 0 Å². The Hall–Kier alpha value is -0.0151. The van der Waals surface area contributed by atoms with Crippen LogP contribution in [0, 0.1) is 0 Å². The second-order valence-electron chi connectivity index (χ2n) is 2.61. The van der Waals surface area contributed by atoms with Crippen molar-refractivity contribution in [2.75, 3.05) is 13.2 Å². The van der Waals surface area contributed by atoms with E-state index >= 15 is 0 Å². The number of nitrogens with zero attached hydrogens (tertiary/aromatic N) is 1. The first-order chi connectivity index (χ1) is 3.97. The summed E-state index contributed by atoms with van der Waals surface area (Å²) in [6, 6.07) is 0.787.